The molecule has 2 N–H and O–H groups in total. The van der Waals surface area contributed by atoms with Gasteiger partial charge in [-0.05, 0) is 19.3 Å². The summed E-state index contributed by atoms with van der Waals surface area (Å²) < 4.78 is 0. The molecule has 1 heterocycles. The number of hydrogen-bond acceptors (Lipinski definition) is 3. The molecule has 76 valence electrons. The minimum atomic E-state index is -0.494. The monoisotopic (exact) mass is 193 g/mol. The van der Waals surface area contributed by atoms with Gasteiger partial charge in [0.2, 0.25) is 5.91 Å². The number of amides is 1. The van der Waals surface area contributed by atoms with Gasteiger partial charge >= 0.3 is 0 Å². The fourth-order valence-electron chi connectivity index (χ4n) is 2.47. The number of rotatable bonds is 1. The third kappa shape index (κ3) is 1.05. The van der Waals surface area contributed by atoms with Crippen LogP contribution in [-0.4, -0.2) is 29.4 Å². The summed E-state index contributed by atoms with van der Waals surface area (Å²) in [5.41, 5.74) is 5.59. The lowest BCUT2D eigenvalue weighted by Gasteiger charge is -2.26. The molecule has 1 amide bonds. The van der Waals surface area contributed by atoms with Crippen LogP contribution in [0, 0.1) is 22.7 Å². The van der Waals surface area contributed by atoms with Gasteiger partial charge in [0, 0.05) is 12.0 Å². The molecule has 1 saturated heterocycles. The number of carbonyl (C=O) groups is 1. The van der Waals surface area contributed by atoms with Crippen LogP contribution < -0.4 is 5.73 Å². The summed E-state index contributed by atoms with van der Waals surface area (Å²) in [6, 6.07) is 1.48. The number of nitrogens with two attached hydrogens (primary N) is 1. The smallest absolute Gasteiger partial charge is 0.240 e. The number of fused-ring (bicyclic) bond motifs is 1. The maximum Gasteiger partial charge on any atom is 0.240 e. The Morgan fingerprint density at radius 1 is 1.79 bits per heavy atom. The van der Waals surface area contributed by atoms with Gasteiger partial charge in [-0.1, -0.05) is 6.92 Å². The summed E-state index contributed by atoms with van der Waals surface area (Å²) in [6.45, 7) is 4.47. The zero-order valence-electron chi connectivity index (χ0n) is 8.53. The molecule has 4 atom stereocenters. The van der Waals surface area contributed by atoms with Crippen molar-refractivity contribution < 1.29 is 4.79 Å². The van der Waals surface area contributed by atoms with Crippen LogP contribution in [0.15, 0.2) is 0 Å². The Hall–Kier alpha value is -1.08. The van der Waals surface area contributed by atoms with Crippen molar-refractivity contribution in [2.45, 2.75) is 32.4 Å². The predicted molar refractivity (Wildman–Crippen MR) is 51.0 cm³/mol. The molecule has 1 saturated carbocycles. The van der Waals surface area contributed by atoms with E-state index in [2.05, 4.69) is 13.0 Å². The van der Waals surface area contributed by atoms with Crippen LogP contribution in [0.2, 0.25) is 0 Å². The van der Waals surface area contributed by atoms with E-state index >= 15 is 0 Å². The number of nitrogens with zero attached hydrogens (tertiary/aromatic N) is 2. The minimum Gasteiger partial charge on any atom is -0.324 e. The minimum absolute atomic E-state index is 0.0549. The van der Waals surface area contributed by atoms with Crippen LogP contribution in [-0.2, 0) is 4.79 Å². The molecule has 2 fully saturated rings. The first-order valence-corrected chi connectivity index (χ1v) is 4.96. The van der Waals surface area contributed by atoms with E-state index in [0.717, 1.165) is 13.0 Å². The molecular formula is C10H15N3O. The van der Waals surface area contributed by atoms with Gasteiger partial charge in [0.15, 0.2) is 0 Å². The maximum absolute atomic E-state index is 11.7. The van der Waals surface area contributed by atoms with Crippen molar-refractivity contribution in [3.05, 3.63) is 0 Å². The molecule has 2 aliphatic rings. The van der Waals surface area contributed by atoms with Crippen molar-refractivity contribution in [3.63, 3.8) is 0 Å². The first-order chi connectivity index (χ1) is 6.50. The lowest BCUT2D eigenvalue weighted by Crippen LogP contribution is -2.47. The van der Waals surface area contributed by atoms with Gasteiger partial charge in [-0.25, -0.2) is 0 Å². The molecule has 4 heteroatoms. The molecule has 1 aliphatic heterocycles. The van der Waals surface area contributed by atoms with Crippen molar-refractivity contribution in [1.29, 1.82) is 5.26 Å². The zero-order chi connectivity index (χ0) is 10.5. The molecule has 0 aromatic rings. The van der Waals surface area contributed by atoms with Gasteiger partial charge in [-0.15, -0.1) is 0 Å². The van der Waals surface area contributed by atoms with Crippen LogP contribution in [0.25, 0.3) is 0 Å². The highest BCUT2D eigenvalue weighted by atomic mass is 16.2. The fourth-order valence-corrected chi connectivity index (χ4v) is 2.47. The van der Waals surface area contributed by atoms with E-state index in [-0.39, 0.29) is 17.4 Å². The van der Waals surface area contributed by atoms with Crippen LogP contribution in [0.3, 0.4) is 0 Å². The first kappa shape index (κ1) is 9.47. The summed E-state index contributed by atoms with van der Waals surface area (Å²) >= 11 is 0. The van der Waals surface area contributed by atoms with E-state index < -0.39 is 6.04 Å². The molecule has 1 unspecified atom stereocenters. The number of nitriles is 1. The topological polar surface area (TPSA) is 70.1 Å². The number of hydrogen-bond donors (Lipinski definition) is 1. The molecule has 0 aromatic heterocycles. The number of likely N-dealkylation sites (tertiary alicyclic amines) is 1. The summed E-state index contributed by atoms with van der Waals surface area (Å²) in [6.07, 6.45) is 1.08. The second-order valence-corrected chi connectivity index (χ2v) is 4.72. The largest absolute Gasteiger partial charge is 0.324 e. The summed E-state index contributed by atoms with van der Waals surface area (Å²) in [5.74, 6) is 0.430. The highest BCUT2D eigenvalue weighted by Gasteiger charge is 2.64. The molecule has 0 bridgehead atoms. The SMILES string of the molecule is C[C@H](N)C(=O)N1C[C@H]2C[C@@]2(C)C1C#N. The van der Waals surface area contributed by atoms with Gasteiger partial charge in [-0.2, -0.15) is 5.26 Å². The highest BCUT2D eigenvalue weighted by Crippen LogP contribution is 2.61. The molecule has 0 radical (unpaired) electrons. The van der Waals surface area contributed by atoms with Gasteiger partial charge in [-0.3, -0.25) is 4.79 Å². The van der Waals surface area contributed by atoms with E-state index in [1.165, 1.54) is 0 Å². The summed E-state index contributed by atoms with van der Waals surface area (Å²) in [7, 11) is 0. The second kappa shape index (κ2) is 2.71. The van der Waals surface area contributed by atoms with Crippen LogP contribution in [0.5, 0.6) is 0 Å². The Morgan fingerprint density at radius 2 is 2.43 bits per heavy atom. The van der Waals surface area contributed by atoms with E-state index in [1.807, 2.05) is 0 Å². The lowest BCUT2D eigenvalue weighted by molar-refractivity contribution is -0.133. The fraction of sp³-hybridized carbons (Fsp3) is 0.800. The normalized spacial score (nSPS) is 41.4. The molecule has 0 spiro atoms. The maximum atomic E-state index is 11.7. The van der Waals surface area contributed by atoms with Crippen LogP contribution in [0.4, 0.5) is 0 Å². The lowest BCUT2D eigenvalue weighted by atomic mass is 10.00. The van der Waals surface area contributed by atoms with Crippen LogP contribution in [0.1, 0.15) is 20.3 Å². The summed E-state index contributed by atoms with van der Waals surface area (Å²) in [4.78, 5) is 13.3. The van der Waals surface area contributed by atoms with Crippen molar-refractivity contribution in [3.8, 4) is 6.07 Å². The average molecular weight is 193 g/mol. The molecule has 14 heavy (non-hydrogen) atoms. The first-order valence-electron chi connectivity index (χ1n) is 4.96. The van der Waals surface area contributed by atoms with E-state index in [0.29, 0.717) is 5.92 Å². The molecular weight excluding hydrogens is 178 g/mol. The standard InChI is InChI=1S/C10H15N3O/c1-6(12)9(14)13-5-7-3-10(7,2)8(13)4-11/h6-8H,3,5,12H2,1-2H3/t6-,7+,8?,10+/m0/s1. The van der Waals surface area contributed by atoms with Gasteiger partial charge < -0.3 is 10.6 Å². The van der Waals surface area contributed by atoms with Gasteiger partial charge in [0.05, 0.1) is 12.1 Å². The Balaban J connectivity index is 2.17. The molecule has 2 rings (SSSR count). The van der Waals surface area contributed by atoms with E-state index in [9.17, 15) is 4.79 Å². The molecule has 0 aromatic carbocycles. The molecule has 4 nitrogen and oxygen atoms in total. The second-order valence-electron chi connectivity index (χ2n) is 4.72. The third-order valence-electron chi connectivity index (χ3n) is 3.61. The van der Waals surface area contributed by atoms with Gasteiger partial charge in [0.25, 0.3) is 0 Å². The van der Waals surface area contributed by atoms with Crippen LogP contribution >= 0.6 is 0 Å². The predicted octanol–water partition coefficient (Wildman–Crippen LogP) is 0.0942. The van der Waals surface area contributed by atoms with Gasteiger partial charge in [0.1, 0.15) is 6.04 Å². The Kier molecular flexibility index (Phi) is 1.83. The highest BCUT2D eigenvalue weighted by molar-refractivity contribution is 5.82. The van der Waals surface area contributed by atoms with E-state index in [4.69, 9.17) is 11.0 Å². The third-order valence-corrected chi connectivity index (χ3v) is 3.61. The van der Waals surface area contributed by atoms with E-state index in [1.54, 1.807) is 11.8 Å². The van der Waals surface area contributed by atoms with Crippen molar-refractivity contribution in [2.75, 3.05) is 6.54 Å². The Bertz CT molecular complexity index is 320. The van der Waals surface area contributed by atoms with Crippen molar-refractivity contribution in [2.24, 2.45) is 17.1 Å². The summed E-state index contributed by atoms with van der Waals surface area (Å²) in [5, 5.41) is 9.04. The Labute approximate surface area is 83.7 Å². The quantitative estimate of drug-likeness (QED) is 0.641. The number of carbonyl (C=O) groups excluding carboxylic acids is 1. The Morgan fingerprint density at radius 3 is 2.93 bits per heavy atom. The van der Waals surface area contributed by atoms with Crippen molar-refractivity contribution >= 4 is 5.91 Å². The number of piperidine rings is 1. The molecule has 1 aliphatic carbocycles. The van der Waals surface area contributed by atoms with Crippen molar-refractivity contribution in [1.82, 2.24) is 4.90 Å². The average Bonchev–Trinajstić information content (AvgIpc) is 2.68. The zero-order valence-corrected chi connectivity index (χ0v) is 8.53.